The van der Waals surface area contributed by atoms with E-state index in [1.54, 1.807) is 0 Å². The van der Waals surface area contributed by atoms with Crippen LogP contribution in [0.1, 0.15) is 38.8 Å². The molecule has 33 heavy (non-hydrogen) atoms. The molecule has 170 valence electrons. The van der Waals surface area contributed by atoms with E-state index in [0.29, 0.717) is 5.70 Å². The number of anilines is 1. The predicted molar refractivity (Wildman–Crippen MR) is 145 cm³/mol. The zero-order chi connectivity index (χ0) is 24.2. The van der Waals surface area contributed by atoms with Gasteiger partial charge in [-0.1, -0.05) is 85.0 Å². The van der Waals surface area contributed by atoms with Crippen LogP contribution in [0.25, 0.3) is 0 Å². The maximum Gasteiger partial charge on any atom is 0.0933 e. The number of rotatable bonds is 9. The lowest BCUT2D eigenvalue weighted by Gasteiger charge is -2.21. The highest BCUT2D eigenvalue weighted by molar-refractivity contribution is 6.09. The van der Waals surface area contributed by atoms with Gasteiger partial charge < -0.3 is 5.73 Å². The molecule has 0 atom stereocenters. The number of hydrazone groups is 1. The summed E-state index contributed by atoms with van der Waals surface area (Å²) < 4.78 is 0. The summed E-state index contributed by atoms with van der Waals surface area (Å²) in [4.78, 5) is 0. The van der Waals surface area contributed by atoms with Gasteiger partial charge in [0.2, 0.25) is 0 Å². The van der Waals surface area contributed by atoms with Crippen LogP contribution in [-0.4, -0.2) is 5.71 Å². The van der Waals surface area contributed by atoms with Crippen molar-refractivity contribution in [2.45, 2.75) is 34.6 Å². The molecule has 3 nitrogen and oxygen atoms in total. The van der Waals surface area contributed by atoms with Gasteiger partial charge in [0.15, 0.2) is 0 Å². The molecule has 0 unspecified atom stereocenters. The average Bonchev–Trinajstić information content (AvgIpc) is 2.80. The van der Waals surface area contributed by atoms with Crippen LogP contribution < -0.4 is 10.7 Å². The van der Waals surface area contributed by atoms with Crippen molar-refractivity contribution in [1.82, 2.24) is 0 Å². The fourth-order valence-corrected chi connectivity index (χ4v) is 3.13. The van der Waals surface area contributed by atoms with Gasteiger partial charge in [-0.3, -0.25) is 0 Å². The molecule has 0 bridgehead atoms. The highest BCUT2D eigenvalue weighted by atomic mass is 15.5. The van der Waals surface area contributed by atoms with Gasteiger partial charge in [-0.2, -0.15) is 5.10 Å². The van der Waals surface area contributed by atoms with Crippen LogP contribution in [0.3, 0.4) is 0 Å². The average molecular weight is 438 g/mol. The second-order valence-electron chi connectivity index (χ2n) is 7.94. The molecular formula is C30H35N3. The molecule has 2 N–H and O–H groups in total. The Labute approximate surface area is 199 Å². The third-order valence-corrected chi connectivity index (χ3v) is 4.80. The van der Waals surface area contributed by atoms with Gasteiger partial charge in [0, 0.05) is 11.3 Å². The van der Waals surface area contributed by atoms with E-state index >= 15 is 0 Å². The molecule has 0 aliphatic rings. The number of allylic oxidation sites excluding steroid dienone is 8. The van der Waals surface area contributed by atoms with E-state index in [1.165, 1.54) is 5.57 Å². The first-order valence-electron chi connectivity index (χ1n) is 11.1. The van der Waals surface area contributed by atoms with Crippen LogP contribution in [0.4, 0.5) is 5.69 Å². The maximum atomic E-state index is 6.48. The molecule has 0 fully saturated rings. The van der Waals surface area contributed by atoms with Gasteiger partial charge in [0.25, 0.3) is 0 Å². The largest absolute Gasteiger partial charge is 0.398 e. The van der Waals surface area contributed by atoms with Crippen LogP contribution >= 0.6 is 0 Å². The zero-order valence-corrected chi connectivity index (χ0v) is 20.4. The van der Waals surface area contributed by atoms with Crippen LogP contribution in [0.15, 0.2) is 131 Å². The monoisotopic (exact) mass is 437 g/mol. The third kappa shape index (κ3) is 7.97. The summed E-state index contributed by atoms with van der Waals surface area (Å²) in [6, 6.07) is 18.3. The Morgan fingerprint density at radius 2 is 1.73 bits per heavy atom. The first-order valence-corrected chi connectivity index (χ1v) is 11.1. The Morgan fingerprint density at radius 1 is 1.00 bits per heavy atom. The Hall–Kier alpha value is -3.85. The first-order chi connectivity index (χ1) is 15.8. The lowest BCUT2D eigenvalue weighted by Crippen LogP contribution is -2.18. The minimum Gasteiger partial charge on any atom is -0.398 e. The van der Waals surface area contributed by atoms with E-state index in [2.05, 4.69) is 45.6 Å². The van der Waals surface area contributed by atoms with Crippen LogP contribution in [0.5, 0.6) is 0 Å². The van der Waals surface area contributed by atoms with Crippen LogP contribution in [-0.2, 0) is 0 Å². The van der Waals surface area contributed by atoms with E-state index in [1.807, 2.05) is 97.8 Å². The van der Waals surface area contributed by atoms with Crippen LogP contribution in [0.2, 0.25) is 0 Å². The standard InChI is InChI=1S/C30H35N3/c1-7-14-26(8-2)29(31)22-30(27-18-10-9-11-19-27)32-33(25(6)17-12-15-23(3)4)28-20-13-16-24(5)21-28/h7-22H,6,31H2,1-5H3/b14-7-,17-12-,26-8+,29-22?,32-30?. The lowest BCUT2D eigenvalue weighted by atomic mass is 10.1. The van der Waals surface area contributed by atoms with Crippen LogP contribution in [0, 0.1) is 6.92 Å². The summed E-state index contributed by atoms with van der Waals surface area (Å²) in [6.07, 6.45) is 13.9. The van der Waals surface area contributed by atoms with E-state index in [0.717, 1.165) is 33.8 Å². The predicted octanol–water partition coefficient (Wildman–Crippen LogP) is 7.61. The molecule has 0 spiro atoms. The summed E-state index contributed by atoms with van der Waals surface area (Å²) in [7, 11) is 0. The summed E-state index contributed by atoms with van der Waals surface area (Å²) in [5.41, 5.74) is 13.8. The van der Waals surface area contributed by atoms with Crippen molar-refractivity contribution in [2.24, 2.45) is 10.8 Å². The molecule has 0 saturated carbocycles. The Morgan fingerprint density at radius 3 is 2.33 bits per heavy atom. The van der Waals surface area contributed by atoms with E-state index in [4.69, 9.17) is 10.8 Å². The van der Waals surface area contributed by atoms with Gasteiger partial charge in [0.1, 0.15) is 0 Å². The highest BCUT2D eigenvalue weighted by Crippen LogP contribution is 2.23. The van der Waals surface area contributed by atoms with Crippen molar-refractivity contribution in [1.29, 1.82) is 0 Å². The molecule has 0 radical (unpaired) electrons. The second-order valence-corrected chi connectivity index (χ2v) is 7.94. The number of hydrogen-bond donors (Lipinski definition) is 1. The first kappa shape index (κ1) is 25.4. The number of nitrogens with two attached hydrogens (primary N) is 1. The third-order valence-electron chi connectivity index (χ3n) is 4.80. The molecule has 0 heterocycles. The minimum atomic E-state index is 0.646. The molecule has 3 heteroatoms. The van der Waals surface area contributed by atoms with Gasteiger partial charge in [0.05, 0.1) is 17.1 Å². The molecule has 0 saturated heterocycles. The number of nitrogens with zero attached hydrogens (tertiary/aromatic N) is 2. The molecule has 0 aliphatic carbocycles. The summed E-state index contributed by atoms with van der Waals surface area (Å²) >= 11 is 0. The van der Waals surface area contributed by atoms with Crippen molar-refractivity contribution in [2.75, 3.05) is 5.01 Å². The lowest BCUT2D eigenvalue weighted by molar-refractivity contribution is 1.03. The van der Waals surface area contributed by atoms with E-state index in [9.17, 15) is 0 Å². The van der Waals surface area contributed by atoms with Crippen molar-refractivity contribution in [3.8, 4) is 0 Å². The quantitative estimate of drug-likeness (QED) is 0.249. The summed E-state index contributed by atoms with van der Waals surface area (Å²) in [6.45, 7) is 14.4. The van der Waals surface area contributed by atoms with Gasteiger partial charge in [-0.25, -0.2) is 5.01 Å². The Bertz CT molecular complexity index is 1120. The van der Waals surface area contributed by atoms with Gasteiger partial charge >= 0.3 is 0 Å². The fourth-order valence-electron chi connectivity index (χ4n) is 3.13. The molecule has 2 aromatic carbocycles. The summed E-state index contributed by atoms with van der Waals surface area (Å²) in [5, 5.41) is 6.90. The van der Waals surface area contributed by atoms with Gasteiger partial charge in [-0.05, 0) is 70.0 Å². The molecule has 2 rings (SSSR count). The molecule has 0 aromatic heterocycles. The van der Waals surface area contributed by atoms with E-state index < -0.39 is 0 Å². The second kappa shape index (κ2) is 12.9. The fraction of sp³-hybridized carbons (Fsp3) is 0.167. The van der Waals surface area contributed by atoms with Crippen molar-refractivity contribution in [3.63, 3.8) is 0 Å². The SMILES string of the molecule is C=C(/C=C\C=C(C)C)N(N=C(C=C(N)C(/C=C\C)=C/C)c1ccccc1)c1cccc(C)c1. The van der Waals surface area contributed by atoms with Gasteiger partial charge in [-0.15, -0.1) is 0 Å². The topological polar surface area (TPSA) is 41.6 Å². The number of benzene rings is 2. The summed E-state index contributed by atoms with van der Waals surface area (Å²) in [5.74, 6) is 0. The van der Waals surface area contributed by atoms with Crippen molar-refractivity contribution < 1.29 is 0 Å². The minimum absolute atomic E-state index is 0.646. The normalized spacial score (nSPS) is 12.9. The highest BCUT2D eigenvalue weighted by Gasteiger charge is 2.11. The van der Waals surface area contributed by atoms with Crippen molar-refractivity contribution >= 4 is 11.4 Å². The molecule has 0 aliphatic heterocycles. The van der Waals surface area contributed by atoms with E-state index in [-0.39, 0.29) is 0 Å². The number of aryl methyl sites for hydroxylation is 1. The Balaban J connectivity index is 2.68. The van der Waals surface area contributed by atoms with Crippen molar-refractivity contribution in [3.05, 3.63) is 137 Å². The molecular weight excluding hydrogens is 402 g/mol. The number of hydrogen-bond acceptors (Lipinski definition) is 3. The maximum absolute atomic E-state index is 6.48. The molecule has 0 amide bonds. The molecule has 2 aromatic rings. The zero-order valence-electron chi connectivity index (χ0n) is 20.4. The Kier molecular flexibility index (Phi) is 9.91. The smallest absolute Gasteiger partial charge is 0.0933 e.